The number of aryl methyl sites for hydroxylation is 1. The molecule has 0 saturated carbocycles. The van der Waals surface area contributed by atoms with Crippen molar-refractivity contribution >= 4 is 17.7 Å². The molecule has 0 radical (unpaired) electrons. The third-order valence-electron chi connectivity index (χ3n) is 4.40. The highest BCUT2D eigenvalue weighted by Crippen LogP contribution is 2.30. The van der Waals surface area contributed by atoms with Crippen molar-refractivity contribution in [2.45, 2.75) is 26.2 Å². The van der Waals surface area contributed by atoms with E-state index in [1.54, 1.807) is 44.6 Å². The van der Waals surface area contributed by atoms with Gasteiger partial charge in [-0.15, -0.1) is 0 Å². The van der Waals surface area contributed by atoms with Gasteiger partial charge in [0.05, 0.1) is 5.69 Å². The maximum atomic E-state index is 14.5. The minimum Gasteiger partial charge on any atom is -0.391 e. The standard InChI is InChI=1S/C22H22ClFN4O2/c1-4-8-18-15(13-14-16(23)9-7-10-17(14)24)21(30-22(29)28(2)3)27-20(26-18)19-11-5-6-12-25-19/h5-7,9-12H,4,8,13H2,1-3H3. The highest BCUT2D eigenvalue weighted by Gasteiger charge is 2.22. The summed E-state index contributed by atoms with van der Waals surface area (Å²) in [5.41, 5.74) is 2.04. The Kier molecular flexibility index (Phi) is 6.95. The molecule has 0 N–H and O–H groups in total. The van der Waals surface area contributed by atoms with Gasteiger partial charge >= 0.3 is 6.09 Å². The van der Waals surface area contributed by atoms with Crippen LogP contribution in [0.25, 0.3) is 11.5 Å². The molecule has 1 aromatic carbocycles. The first kappa shape index (κ1) is 21.6. The minimum atomic E-state index is -0.594. The molecule has 6 nitrogen and oxygen atoms in total. The van der Waals surface area contributed by atoms with E-state index in [9.17, 15) is 9.18 Å². The van der Waals surface area contributed by atoms with Gasteiger partial charge in [0.2, 0.25) is 5.88 Å². The van der Waals surface area contributed by atoms with Crippen LogP contribution in [0.1, 0.15) is 30.2 Å². The van der Waals surface area contributed by atoms with Crippen molar-refractivity contribution in [1.29, 1.82) is 0 Å². The molecule has 30 heavy (non-hydrogen) atoms. The lowest BCUT2D eigenvalue weighted by atomic mass is 10.0. The van der Waals surface area contributed by atoms with Crippen LogP contribution in [-0.2, 0) is 12.8 Å². The average Bonchev–Trinajstić information content (AvgIpc) is 2.72. The molecular formula is C22H22ClFN4O2. The van der Waals surface area contributed by atoms with Crippen LogP contribution >= 0.6 is 11.6 Å². The molecule has 3 rings (SSSR count). The van der Waals surface area contributed by atoms with E-state index in [4.69, 9.17) is 16.3 Å². The first-order chi connectivity index (χ1) is 14.4. The Morgan fingerprint density at radius 1 is 1.13 bits per heavy atom. The fourth-order valence-corrected chi connectivity index (χ4v) is 3.10. The summed E-state index contributed by atoms with van der Waals surface area (Å²) in [6, 6.07) is 9.89. The largest absolute Gasteiger partial charge is 0.416 e. The van der Waals surface area contributed by atoms with Gasteiger partial charge < -0.3 is 9.64 Å². The number of ether oxygens (including phenoxy) is 1. The molecule has 0 atom stereocenters. The van der Waals surface area contributed by atoms with Crippen molar-refractivity contribution in [1.82, 2.24) is 19.9 Å². The Hall–Kier alpha value is -3.06. The second-order valence-electron chi connectivity index (χ2n) is 6.88. The van der Waals surface area contributed by atoms with Crippen molar-refractivity contribution in [2.75, 3.05) is 14.1 Å². The van der Waals surface area contributed by atoms with Crippen LogP contribution < -0.4 is 4.74 Å². The van der Waals surface area contributed by atoms with Gasteiger partial charge in [0.15, 0.2) is 5.82 Å². The summed E-state index contributed by atoms with van der Waals surface area (Å²) in [7, 11) is 3.15. The molecule has 0 saturated heterocycles. The van der Waals surface area contributed by atoms with Gasteiger partial charge in [0.25, 0.3) is 0 Å². The monoisotopic (exact) mass is 428 g/mol. The SMILES string of the molecule is CCCc1nc(-c2ccccn2)nc(OC(=O)N(C)C)c1Cc1c(F)cccc1Cl. The summed E-state index contributed by atoms with van der Waals surface area (Å²) < 4.78 is 20.0. The van der Waals surface area contributed by atoms with Gasteiger partial charge in [0, 0.05) is 42.9 Å². The first-order valence-corrected chi connectivity index (χ1v) is 9.91. The molecule has 0 aliphatic heterocycles. The van der Waals surface area contributed by atoms with Crippen LogP contribution in [0.2, 0.25) is 5.02 Å². The van der Waals surface area contributed by atoms with Gasteiger partial charge in [-0.05, 0) is 30.7 Å². The highest BCUT2D eigenvalue weighted by atomic mass is 35.5. The summed E-state index contributed by atoms with van der Waals surface area (Å²) in [4.78, 5) is 27.0. The molecule has 2 aromatic heterocycles. The molecule has 0 unspecified atom stereocenters. The Morgan fingerprint density at radius 3 is 2.57 bits per heavy atom. The van der Waals surface area contributed by atoms with Crippen molar-refractivity contribution < 1.29 is 13.9 Å². The zero-order chi connectivity index (χ0) is 21.7. The predicted octanol–water partition coefficient (Wildman–Crippen LogP) is 4.93. The molecule has 0 bridgehead atoms. The third-order valence-corrected chi connectivity index (χ3v) is 4.75. The van der Waals surface area contributed by atoms with Crippen molar-refractivity contribution in [3.05, 3.63) is 70.3 Å². The fraction of sp³-hybridized carbons (Fsp3) is 0.273. The van der Waals surface area contributed by atoms with E-state index in [0.717, 1.165) is 6.42 Å². The van der Waals surface area contributed by atoms with Crippen LogP contribution in [0.3, 0.4) is 0 Å². The molecule has 1 amide bonds. The maximum absolute atomic E-state index is 14.5. The van der Waals surface area contributed by atoms with Crippen molar-refractivity contribution in [3.63, 3.8) is 0 Å². The molecule has 0 aliphatic rings. The number of amides is 1. The highest BCUT2D eigenvalue weighted by molar-refractivity contribution is 6.31. The molecule has 0 aliphatic carbocycles. The number of pyridine rings is 1. The van der Waals surface area contributed by atoms with Gasteiger partial charge in [-0.2, -0.15) is 4.98 Å². The van der Waals surface area contributed by atoms with Crippen LogP contribution in [0.5, 0.6) is 5.88 Å². The fourth-order valence-electron chi connectivity index (χ4n) is 2.87. The number of carbonyl (C=O) groups is 1. The van der Waals surface area contributed by atoms with Gasteiger partial charge in [0.1, 0.15) is 11.5 Å². The summed E-state index contributed by atoms with van der Waals surface area (Å²) in [6.07, 6.45) is 2.52. The Balaban J connectivity index is 2.17. The zero-order valence-corrected chi connectivity index (χ0v) is 17.8. The Bertz CT molecular complexity index is 1020. The van der Waals surface area contributed by atoms with E-state index >= 15 is 0 Å². The number of carbonyl (C=O) groups excluding carboxylic acids is 1. The van der Waals surface area contributed by atoms with E-state index in [0.29, 0.717) is 34.8 Å². The van der Waals surface area contributed by atoms with E-state index in [1.807, 2.05) is 13.0 Å². The predicted molar refractivity (Wildman–Crippen MR) is 113 cm³/mol. The number of aromatic nitrogens is 3. The second kappa shape index (κ2) is 9.63. The zero-order valence-electron chi connectivity index (χ0n) is 17.0. The number of benzene rings is 1. The van der Waals surface area contributed by atoms with E-state index in [2.05, 4.69) is 15.0 Å². The third kappa shape index (κ3) is 4.91. The van der Waals surface area contributed by atoms with Crippen molar-refractivity contribution in [2.24, 2.45) is 0 Å². The molecule has 0 fully saturated rings. The van der Waals surface area contributed by atoms with Gasteiger partial charge in [-0.25, -0.2) is 14.2 Å². The quantitative estimate of drug-likeness (QED) is 0.556. The molecule has 8 heteroatoms. The Morgan fingerprint density at radius 2 is 1.93 bits per heavy atom. The maximum Gasteiger partial charge on any atom is 0.416 e. The second-order valence-corrected chi connectivity index (χ2v) is 7.29. The number of nitrogens with zero attached hydrogens (tertiary/aromatic N) is 4. The normalized spacial score (nSPS) is 10.7. The van der Waals surface area contributed by atoms with E-state index < -0.39 is 11.9 Å². The lowest BCUT2D eigenvalue weighted by molar-refractivity contribution is 0.169. The summed E-state index contributed by atoms with van der Waals surface area (Å²) in [6.45, 7) is 2.01. The Labute approximate surface area is 179 Å². The number of halogens is 2. The summed E-state index contributed by atoms with van der Waals surface area (Å²) in [5, 5.41) is 0.288. The topological polar surface area (TPSA) is 68.2 Å². The lowest BCUT2D eigenvalue weighted by Crippen LogP contribution is -2.26. The molecule has 156 valence electrons. The lowest BCUT2D eigenvalue weighted by Gasteiger charge is -2.17. The molecule has 2 heterocycles. The molecular weight excluding hydrogens is 407 g/mol. The summed E-state index contributed by atoms with van der Waals surface area (Å²) in [5.74, 6) is -0.0280. The first-order valence-electron chi connectivity index (χ1n) is 9.54. The number of hydrogen-bond donors (Lipinski definition) is 0. The molecule has 3 aromatic rings. The number of hydrogen-bond acceptors (Lipinski definition) is 5. The van der Waals surface area contributed by atoms with Crippen LogP contribution in [0.15, 0.2) is 42.6 Å². The minimum absolute atomic E-state index is 0.0760. The molecule has 0 spiro atoms. The van der Waals surface area contributed by atoms with Crippen molar-refractivity contribution in [3.8, 4) is 17.4 Å². The van der Waals surface area contributed by atoms with Gasteiger partial charge in [-0.3, -0.25) is 4.98 Å². The average molecular weight is 429 g/mol. The summed E-state index contributed by atoms with van der Waals surface area (Å²) >= 11 is 6.24. The number of rotatable bonds is 6. The van der Waals surface area contributed by atoms with Crippen LogP contribution in [-0.4, -0.2) is 40.0 Å². The van der Waals surface area contributed by atoms with E-state index in [1.165, 1.54) is 11.0 Å². The van der Waals surface area contributed by atoms with E-state index in [-0.39, 0.29) is 17.3 Å². The van der Waals surface area contributed by atoms with Gasteiger partial charge in [-0.1, -0.05) is 37.1 Å². The smallest absolute Gasteiger partial charge is 0.391 e. The van der Waals surface area contributed by atoms with Crippen LogP contribution in [0, 0.1) is 5.82 Å². The van der Waals surface area contributed by atoms with Crippen LogP contribution in [0.4, 0.5) is 9.18 Å².